The van der Waals surface area contributed by atoms with Gasteiger partial charge in [-0.25, -0.2) is 15.0 Å². The second kappa shape index (κ2) is 5.58. The number of nitrogens with zero attached hydrogens (tertiary/aromatic N) is 6. The van der Waals surface area contributed by atoms with Crippen molar-refractivity contribution in [2.45, 2.75) is 19.3 Å². The highest BCUT2D eigenvalue weighted by Gasteiger charge is 2.33. The van der Waals surface area contributed by atoms with Crippen LogP contribution in [0.3, 0.4) is 0 Å². The fourth-order valence-corrected chi connectivity index (χ4v) is 4.14. The van der Waals surface area contributed by atoms with Gasteiger partial charge in [-0.3, -0.25) is 14.5 Å². The van der Waals surface area contributed by atoms with E-state index in [0.717, 1.165) is 30.7 Å². The molecule has 1 aliphatic heterocycles. The van der Waals surface area contributed by atoms with Crippen molar-refractivity contribution in [1.82, 2.24) is 29.3 Å². The molecule has 8 heteroatoms. The van der Waals surface area contributed by atoms with E-state index in [1.165, 1.54) is 30.3 Å². The lowest BCUT2D eigenvalue weighted by molar-refractivity contribution is 0.419. The van der Waals surface area contributed by atoms with Crippen LogP contribution in [-0.4, -0.2) is 42.4 Å². The number of anilines is 1. The molecule has 4 heterocycles. The fourth-order valence-electron chi connectivity index (χ4n) is 4.14. The van der Waals surface area contributed by atoms with Crippen LogP contribution in [0.1, 0.15) is 19.3 Å². The normalized spacial score (nSPS) is 22.5. The summed E-state index contributed by atoms with van der Waals surface area (Å²) in [6, 6.07) is 1.89. The summed E-state index contributed by atoms with van der Waals surface area (Å²) in [7, 11) is 0. The first-order valence-electron chi connectivity index (χ1n) is 8.64. The maximum absolute atomic E-state index is 12.7. The average Bonchev–Trinajstić information content (AvgIpc) is 3.36. The Bertz CT molecular complexity index is 930. The van der Waals surface area contributed by atoms with E-state index >= 15 is 0 Å². The topological polar surface area (TPSA) is 84.6 Å². The molecular weight excluding hydrogens is 318 g/mol. The molecule has 8 nitrogen and oxygen atoms in total. The van der Waals surface area contributed by atoms with Crippen molar-refractivity contribution in [2.24, 2.45) is 11.8 Å². The van der Waals surface area contributed by atoms with Gasteiger partial charge < -0.3 is 4.90 Å². The number of hydrogen-bond donors (Lipinski definition) is 1. The molecule has 5 rings (SSSR count). The van der Waals surface area contributed by atoms with Crippen LogP contribution in [0.15, 0.2) is 42.1 Å². The summed E-state index contributed by atoms with van der Waals surface area (Å²) >= 11 is 0. The lowest BCUT2D eigenvalue weighted by Crippen LogP contribution is -2.37. The minimum Gasteiger partial charge on any atom is -0.356 e. The molecule has 2 aliphatic rings. The minimum atomic E-state index is -0.165. The van der Waals surface area contributed by atoms with Crippen molar-refractivity contribution >= 4 is 5.82 Å². The molecule has 0 radical (unpaired) electrons. The predicted octanol–water partition coefficient (Wildman–Crippen LogP) is 1.38. The zero-order valence-corrected chi connectivity index (χ0v) is 13.7. The van der Waals surface area contributed by atoms with Gasteiger partial charge in [-0.05, 0) is 31.1 Å². The molecule has 2 atom stereocenters. The quantitative estimate of drug-likeness (QED) is 0.780. The number of aromatic nitrogens is 6. The van der Waals surface area contributed by atoms with Crippen LogP contribution < -0.4 is 10.5 Å². The lowest BCUT2D eigenvalue weighted by Gasteiger charge is -2.32. The number of fused-ring (bicyclic) bond motifs is 2. The van der Waals surface area contributed by atoms with Crippen molar-refractivity contribution in [3.8, 4) is 11.5 Å². The molecule has 128 valence electrons. The van der Waals surface area contributed by atoms with E-state index in [2.05, 4.69) is 25.0 Å². The second-order valence-corrected chi connectivity index (χ2v) is 6.95. The van der Waals surface area contributed by atoms with E-state index in [1.807, 2.05) is 6.07 Å². The van der Waals surface area contributed by atoms with Gasteiger partial charge in [-0.15, -0.1) is 0 Å². The third-order valence-corrected chi connectivity index (χ3v) is 5.33. The first-order chi connectivity index (χ1) is 12.3. The summed E-state index contributed by atoms with van der Waals surface area (Å²) in [6.07, 6.45) is 12.2. The van der Waals surface area contributed by atoms with Gasteiger partial charge in [0.1, 0.15) is 17.8 Å². The molecule has 2 fully saturated rings. The van der Waals surface area contributed by atoms with Gasteiger partial charge in [-0.1, -0.05) is 0 Å². The first kappa shape index (κ1) is 14.4. The van der Waals surface area contributed by atoms with Gasteiger partial charge in [0.15, 0.2) is 5.82 Å². The number of nitrogens with one attached hydrogen (secondary N) is 1. The molecule has 3 aromatic rings. The summed E-state index contributed by atoms with van der Waals surface area (Å²) in [5.41, 5.74) is 0.343. The first-order valence-corrected chi connectivity index (χ1v) is 8.64. The number of aromatic amines is 1. The van der Waals surface area contributed by atoms with Gasteiger partial charge in [-0.2, -0.15) is 4.68 Å². The van der Waals surface area contributed by atoms with Crippen molar-refractivity contribution in [3.05, 3.63) is 47.7 Å². The van der Waals surface area contributed by atoms with E-state index < -0.39 is 0 Å². The predicted molar refractivity (Wildman–Crippen MR) is 92.1 cm³/mol. The largest absolute Gasteiger partial charge is 0.356 e. The van der Waals surface area contributed by atoms with E-state index in [1.54, 1.807) is 29.5 Å². The molecule has 1 aliphatic carbocycles. The van der Waals surface area contributed by atoms with Gasteiger partial charge in [0.25, 0.3) is 5.56 Å². The Morgan fingerprint density at radius 1 is 1.12 bits per heavy atom. The van der Waals surface area contributed by atoms with Crippen LogP contribution in [0.2, 0.25) is 0 Å². The third-order valence-electron chi connectivity index (χ3n) is 5.33. The molecule has 0 amide bonds. The number of hydrogen-bond acceptors (Lipinski definition) is 5. The van der Waals surface area contributed by atoms with Gasteiger partial charge in [0.05, 0.1) is 6.33 Å². The molecular formula is C17H19N7O. The van der Waals surface area contributed by atoms with E-state index in [-0.39, 0.29) is 5.56 Å². The maximum Gasteiger partial charge on any atom is 0.296 e. The molecule has 2 unspecified atom stereocenters. The van der Waals surface area contributed by atoms with Gasteiger partial charge in [0, 0.05) is 37.7 Å². The SMILES string of the molecule is O=c1c(-n2ccnc2)c[nH]n1-c1cc(N2CC3CCC(C3)C2)ncn1. The Balaban J connectivity index is 1.48. The van der Waals surface area contributed by atoms with Crippen LogP contribution in [0.5, 0.6) is 0 Å². The lowest BCUT2D eigenvalue weighted by atomic mass is 9.99. The van der Waals surface area contributed by atoms with Crippen LogP contribution in [0.25, 0.3) is 11.5 Å². The van der Waals surface area contributed by atoms with Crippen LogP contribution >= 0.6 is 0 Å². The van der Waals surface area contributed by atoms with E-state index in [0.29, 0.717) is 11.5 Å². The highest BCUT2D eigenvalue weighted by molar-refractivity contribution is 5.44. The van der Waals surface area contributed by atoms with Crippen molar-refractivity contribution in [2.75, 3.05) is 18.0 Å². The number of rotatable bonds is 3. The Morgan fingerprint density at radius 3 is 2.68 bits per heavy atom. The standard InChI is InChI=1S/C17H19N7O/c25-17-14(22-4-3-18-11-22)7-21-24(17)16-6-15(19-10-20-16)23-8-12-1-2-13(5-12)9-23/h3-4,6-7,10-13,21H,1-2,5,8-9H2. The maximum atomic E-state index is 12.7. The Hall–Kier alpha value is -2.90. The Kier molecular flexibility index (Phi) is 3.22. The molecule has 0 aromatic carbocycles. The zero-order chi connectivity index (χ0) is 16.8. The van der Waals surface area contributed by atoms with E-state index in [9.17, 15) is 4.79 Å². The smallest absolute Gasteiger partial charge is 0.296 e. The molecule has 25 heavy (non-hydrogen) atoms. The number of piperidine rings is 1. The highest BCUT2D eigenvalue weighted by atomic mass is 16.1. The average molecular weight is 337 g/mol. The van der Waals surface area contributed by atoms with Crippen molar-refractivity contribution < 1.29 is 0 Å². The van der Waals surface area contributed by atoms with Crippen LogP contribution in [0, 0.1) is 11.8 Å². The summed E-state index contributed by atoms with van der Waals surface area (Å²) in [5, 5.41) is 2.99. The minimum absolute atomic E-state index is 0.165. The van der Waals surface area contributed by atoms with Gasteiger partial charge in [0.2, 0.25) is 0 Å². The Labute approximate surface area is 144 Å². The molecule has 1 N–H and O–H groups in total. The molecule has 0 spiro atoms. The third kappa shape index (κ3) is 2.45. The van der Waals surface area contributed by atoms with Crippen LogP contribution in [-0.2, 0) is 0 Å². The van der Waals surface area contributed by atoms with Crippen molar-refractivity contribution in [1.29, 1.82) is 0 Å². The highest BCUT2D eigenvalue weighted by Crippen LogP contribution is 2.37. The summed E-state index contributed by atoms with van der Waals surface area (Å²) in [5.74, 6) is 3.00. The molecule has 3 aromatic heterocycles. The van der Waals surface area contributed by atoms with Crippen molar-refractivity contribution in [3.63, 3.8) is 0 Å². The Morgan fingerprint density at radius 2 is 1.92 bits per heavy atom. The van der Waals surface area contributed by atoms with E-state index in [4.69, 9.17) is 0 Å². The summed E-state index contributed by atoms with van der Waals surface area (Å²) in [4.78, 5) is 27.7. The summed E-state index contributed by atoms with van der Waals surface area (Å²) in [6.45, 7) is 2.10. The van der Waals surface area contributed by atoms with Crippen LogP contribution in [0.4, 0.5) is 5.82 Å². The number of imidazole rings is 1. The fraction of sp³-hybridized carbons (Fsp3) is 0.412. The second-order valence-electron chi connectivity index (χ2n) is 6.95. The molecule has 1 saturated heterocycles. The molecule has 1 saturated carbocycles. The monoisotopic (exact) mass is 337 g/mol. The summed E-state index contributed by atoms with van der Waals surface area (Å²) < 4.78 is 3.12. The number of H-pyrrole nitrogens is 1. The zero-order valence-electron chi connectivity index (χ0n) is 13.7. The molecule has 2 bridgehead atoms. The van der Waals surface area contributed by atoms with Gasteiger partial charge >= 0.3 is 0 Å².